The summed E-state index contributed by atoms with van der Waals surface area (Å²) in [4.78, 5) is 10.9. The predicted molar refractivity (Wildman–Crippen MR) is 242 cm³/mol. The third-order valence-electron chi connectivity index (χ3n) is 13.1. The highest BCUT2D eigenvalue weighted by Crippen LogP contribution is 2.57. The van der Waals surface area contributed by atoms with E-state index in [4.69, 9.17) is 9.97 Å². The van der Waals surface area contributed by atoms with Gasteiger partial charge in [-0.3, -0.25) is 4.57 Å². The van der Waals surface area contributed by atoms with Crippen molar-refractivity contribution in [3.05, 3.63) is 234 Å². The first kappa shape index (κ1) is 33.7. The second-order valence-corrected chi connectivity index (χ2v) is 16.5. The fourth-order valence-electron chi connectivity index (χ4n) is 10.5. The minimum atomic E-state index is -0.553. The first-order valence-corrected chi connectivity index (χ1v) is 20.5. The van der Waals surface area contributed by atoms with E-state index in [1.165, 1.54) is 66.4 Å². The summed E-state index contributed by atoms with van der Waals surface area (Å²) >= 11 is 0. The van der Waals surface area contributed by atoms with Crippen LogP contribution in [0.25, 0.3) is 72.5 Å². The molecule has 2 aliphatic rings. The number of fused-ring (bicyclic) bond motifs is 10. The Morgan fingerprint density at radius 1 is 0.407 bits per heavy atom. The minimum Gasteiger partial charge on any atom is -0.278 e. The van der Waals surface area contributed by atoms with Gasteiger partial charge in [0.25, 0.3) is 0 Å². The predicted octanol–water partition coefficient (Wildman–Crippen LogP) is 13.6. The summed E-state index contributed by atoms with van der Waals surface area (Å²) in [6.45, 7) is 4.72. The van der Waals surface area contributed by atoms with Gasteiger partial charge in [-0.2, -0.15) is 0 Å². The van der Waals surface area contributed by atoms with Crippen molar-refractivity contribution >= 4 is 21.8 Å². The highest BCUT2D eigenvalue weighted by atomic mass is 15.2. The standard InChI is InChI=1S/C56H39N3/c1-55(2)44-27-15-14-26-42(44)52-47(55)32-33-50-53(52)43-31-30-39(56(38-22-10-5-11-23-38)45-28-16-12-24-40(45)41-25-13-17-29-46(41)56)34-51(43)59(50)54-57-48(36-18-6-3-7-19-36)35-49(58-54)37-20-8-4-9-21-37/h3-35H,1-2H3. The van der Waals surface area contributed by atoms with Crippen LogP contribution in [0.5, 0.6) is 0 Å². The molecule has 0 spiro atoms. The van der Waals surface area contributed by atoms with Crippen molar-refractivity contribution in [3.63, 3.8) is 0 Å². The number of benzene rings is 8. The van der Waals surface area contributed by atoms with Crippen molar-refractivity contribution in [1.29, 1.82) is 0 Å². The lowest BCUT2D eigenvalue weighted by Gasteiger charge is -2.34. The zero-order chi connectivity index (χ0) is 39.3. The number of nitrogens with zero attached hydrogens (tertiary/aromatic N) is 3. The maximum atomic E-state index is 5.46. The first-order valence-electron chi connectivity index (χ1n) is 20.5. The Labute approximate surface area is 344 Å². The van der Waals surface area contributed by atoms with Gasteiger partial charge in [0.05, 0.1) is 27.8 Å². The van der Waals surface area contributed by atoms with Crippen LogP contribution >= 0.6 is 0 Å². The van der Waals surface area contributed by atoms with Crippen molar-refractivity contribution in [1.82, 2.24) is 14.5 Å². The molecule has 3 nitrogen and oxygen atoms in total. The average Bonchev–Trinajstić information content (AvgIpc) is 3.88. The second kappa shape index (κ2) is 12.6. The van der Waals surface area contributed by atoms with E-state index in [0.29, 0.717) is 5.95 Å². The third-order valence-corrected chi connectivity index (χ3v) is 13.1. The normalized spacial score (nSPS) is 14.2. The molecule has 0 atom stereocenters. The summed E-state index contributed by atoms with van der Waals surface area (Å²) in [7, 11) is 0. The van der Waals surface area contributed by atoms with E-state index in [1.807, 2.05) is 0 Å². The molecule has 0 fully saturated rings. The van der Waals surface area contributed by atoms with Crippen molar-refractivity contribution < 1.29 is 0 Å². The molecule has 0 unspecified atom stereocenters. The molecule has 0 amide bonds. The topological polar surface area (TPSA) is 30.7 Å². The highest BCUT2D eigenvalue weighted by molar-refractivity contribution is 6.18. The molecule has 59 heavy (non-hydrogen) atoms. The van der Waals surface area contributed by atoms with Gasteiger partial charge in [-0.15, -0.1) is 0 Å². The fraction of sp³-hybridized carbons (Fsp3) is 0.0714. The van der Waals surface area contributed by atoms with Crippen molar-refractivity contribution in [3.8, 4) is 50.7 Å². The van der Waals surface area contributed by atoms with E-state index in [2.05, 4.69) is 219 Å². The second-order valence-electron chi connectivity index (χ2n) is 16.5. The number of aromatic nitrogens is 3. The summed E-state index contributed by atoms with van der Waals surface area (Å²) in [6.07, 6.45) is 0. The number of hydrogen-bond donors (Lipinski definition) is 0. The maximum absolute atomic E-state index is 5.46. The molecule has 3 heteroatoms. The van der Waals surface area contributed by atoms with Crippen LogP contribution in [-0.4, -0.2) is 14.5 Å². The Morgan fingerprint density at radius 3 is 1.54 bits per heavy atom. The van der Waals surface area contributed by atoms with E-state index < -0.39 is 5.41 Å². The molecular formula is C56H39N3. The average molecular weight is 754 g/mol. The Bertz CT molecular complexity index is 3180. The molecule has 2 aromatic heterocycles. The lowest BCUT2D eigenvalue weighted by atomic mass is 9.67. The molecule has 0 N–H and O–H groups in total. The zero-order valence-corrected chi connectivity index (χ0v) is 32.9. The van der Waals surface area contributed by atoms with Gasteiger partial charge < -0.3 is 0 Å². The van der Waals surface area contributed by atoms with Gasteiger partial charge in [0.1, 0.15) is 0 Å². The van der Waals surface area contributed by atoms with Gasteiger partial charge in [-0.1, -0.05) is 196 Å². The van der Waals surface area contributed by atoms with Crippen molar-refractivity contribution in [2.45, 2.75) is 24.7 Å². The fourth-order valence-corrected chi connectivity index (χ4v) is 10.5. The lowest BCUT2D eigenvalue weighted by molar-refractivity contribution is 0.661. The van der Waals surface area contributed by atoms with Crippen LogP contribution < -0.4 is 0 Å². The molecule has 2 heterocycles. The van der Waals surface area contributed by atoms with Crippen LogP contribution in [0.1, 0.15) is 47.2 Å². The van der Waals surface area contributed by atoms with Crippen LogP contribution in [-0.2, 0) is 10.8 Å². The Hall–Kier alpha value is -7.36. The van der Waals surface area contributed by atoms with E-state index in [9.17, 15) is 0 Å². The molecule has 2 aliphatic carbocycles. The first-order chi connectivity index (χ1) is 29.0. The highest BCUT2D eigenvalue weighted by Gasteiger charge is 2.46. The van der Waals surface area contributed by atoms with Gasteiger partial charge in [0.2, 0.25) is 5.95 Å². The number of hydrogen-bond acceptors (Lipinski definition) is 2. The quantitative estimate of drug-likeness (QED) is 0.175. The van der Waals surface area contributed by atoms with E-state index in [1.54, 1.807) is 0 Å². The zero-order valence-electron chi connectivity index (χ0n) is 32.9. The van der Waals surface area contributed by atoms with Gasteiger partial charge in [-0.25, -0.2) is 9.97 Å². The van der Waals surface area contributed by atoms with Gasteiger partial charge >= 0.3 is 0 Å². The lowest BCUT2D eigenvalue weighted by Crippen LogP contribution is -2.28. The summed E-state index contributed by atoms with van der Waals surface area (Å²) in [5, 5.41) is 2.42. The van der Waals surface area contributed by atoms with E-state index >= 15 is 0 Å². The van der Waals surface area contributed by atoms with E-state index in [-0.39, 0.29) is 5.41 Å². The molecule has 10 aromatic rings. The van der Waals surface area contributed by atoms with Crippen molar-refractivity contribution in [2.24, 2.45) is 0 Å². The molecule has 12 rings (SSSR count). The smallest absolute Gasteiger partial charge is 0.235 e. The monoisotopic (exact) mass is 753 g/mol. The summed E-state index contributed by atoms with van der Waals surface area (Å²) in [5.74, 6) is 0.647. The molecule has 278 valence electrons. The van der Waals surface area contributed by atoms with Crippen LogP contribution in [0.2, 0.25) is 0 Å². The Kier molecular flexibility index (Phi) is 7.19. The third kappa shape index (κ3) is 4.70. The maximum Gasteiger partial charge on any atom is 0.235 e. The molecule has 0 saturated heterocycles. The summed E-state index contributed by atoms with van der Waals surface area (Å²) in [5.41, 5.74) is 18.2. The SMILES string of the molecule is CC1(C)c2ccccc2-c2c1ccc1c2c2ccc(C3(c4ccccc4)c4ccccc4-c4ccccc43)cc2n1-c1nc(-c2ccccc2)cc(-c2ccccc2)n1. The molecule has 0 radical (unpaired) electrons. The number of rotatable bonds is 5. The summed E-state index contributed by atoms with van der Waals surface area (Å²) in [6, 6.07) is 72.9. The van der Waals surface area contributed by atoms with E-state index in [0.717, 1.165) is 33.5 Å². The van der Waals surface area contributed by atoms with Crippen LogP contribution in [0, 0.1) is 0 Å². The minimum absolute atomic E-state index is 0.146. The summed E-state index contributed by atoms with van der Waals surface area (Å²) < 4.78 is 2.34. The molecule has 0 aliphatic heterocycles. The van der Waals surface area contributed by atoms with Crippen LogP contribution in [0.4, 0.5) is 0 Å². The van der Waals surface area contributed by atoms with Gasteiger partial charge in [0, 0.05) is 27.3 Å². The molecular weight excluding hydrogens is 715 g/mol. The van der Waals surface area contributed by atoms with Crippen molar-refractivity contribution in [2.75, 3.05) is 0 Å². The van der Waals surface area contributed by atoms with Crippen LogP contribution in [0.15, 0.2) is 200 Å². The molecule has 8 aromatic carbocycles. The Balaban J connectivity index is 1.24. The Morgan fingerprint density at radius 2 is 0.932 bits per heavy atom. The largest absolute Gasteiger partial charge is 0.278 e. The molecule has 0 bridgehead atoms. The van der Waals surface area contributed by atoms with Gasteiger partial charge in [-0.05, 0) is 73.8 Å². The molecule has 0 saturated carbocycles. The van der Waals surface area contributed by atoms with Gasteiger partial charge in [0.15, 0.2) is 0 Å². The van der Waals surface area contributed by atoms with Crippen LogP contribution in [0.3, 0.4) is 0 Å².